The molecule has 0 aromatic rings. The third kappa shape index (κ3) is 2.18. The van der Waals surface area contributed by atoms with Crippen LogP contribution in [0.3, 0.4) is 0 Å². The Hall–Kier alpha value is -0.850. The first-order chi connectivity index (χ1) is 4.93. The zero-order valence-electron chi connectivity index (χ0n) is 6.38. The van der Waals surface area contributed by atoms with Crippen LogP contribution in [-0.2, 0) is 0 Å². The Labute approximate surface area is 62.2 Å². The van der Waals surface area contributed by atoms with E-state index in [0.29, 0.717) is 0 Å². The molecule has 0 fully saturated rings. The highest BCUT2D eigenvalue weighted by Crippen LogP contribution is 1.98. The molecule has 0 saturated carbocycles. The van der Waals surface area contributed by atoms with Gasteiger partial charge in [0, 0.05) is 18.6 Å². The van der Waals surface area contributed by atoms with E-state index in [4.69, 9.17) is 0 Å². The largest absolute Gasteiger partial charge is 0.253 e. The highest BCUT2D eigenvalue weighted by atomic mass is 14.7. The number of aliphatic imine (C=N–C) groups is 1. The lowest BCUT2D eigenvalue weighted by Gasteiger charge is -1.88. The van der Waals surface area contributed by atoms with Gasteiger partial charge in [-0.2, -0.15) is 0 Å². The predicted molar refractivity (Wildman–Crippen MR) is 44.9 cm³/mol. The summed E-state index contributed by atoms with van der Waals surface area (Å²) in [5, 5.41) is 0. The van der Waals surface area contributed by atoms with Crippen LogP contribution in [0.4, 0.5) is 0 Å². The number of unbranched alkanes of at least 4 members (excludes halogenated alkanes) is 1. The van der Waals surface area contributed by atoms with Crippen molar-refractivity contribution >= 4 is 5.71 Å². The van der Waals surface area contributed by atoms with Gasteiger partial charge in [-0.3, -0.25) is 0 Å². The molecule has 1 rings (SSSR count). The molecule has 0 amide bonds. The van der Waals surface area contributed by atoms with Crippen molar-refractivity contribution in [2.75, 3.05) is 0 Å². The fourth-order valence-corrected chi connectivity index (χ4v) is 0.904. The number of nitrogens with zero attached hydrogens (tertiary/aromatic N) is 1. The monoisotopic (exact) mass is 135 g/mol. The molecule has 0 atom stereocenters. The van der Waals surface area contributed by atoms with Crippen molar-refractivity contribution in [3.05, 3.63) is 24.4 Å². The van der Waals surface area contributed by atoms with Crippen LogP contribution in [0.2, 0.25) is 0 Å². The highest BCUT2D eigenvalue weighted by Gasteiger charge is 2.05. The van der Waals surface area contributed by atoms with Gasteiger partial charge in [-0.25, -0.2) is 0 Å². The second-order valence-corrected chi connectivity index (χ2v) is 2.42. The number of rotatable bonds is 3. The third-order valence-corrected chi connectivity index (χ3v) is 1.51. The molecule has 0 bridgehead atoms. The summed E-state index contributed by atoms with van der Waals surface area (Å²) < 4.78 is 0. The van der Waals surface area contributed by atoms with E-state index in [2.05, 4.69) is 18.0 Å². The molecule has 0 aliphatic carbocycles. The highest BCUT2D eigenvalue weighted by molar-refractivity contribution is 5.95. The Morgan fingerprint density at radius 1 is 1.40 bits per heavy atom. The minimum absolute atomic E-state index is 1.12. The Kier molecular flexibility index (Phi) is 2.94. The van der Waals surface area contributed by atoms with Crippen LogP contribution >= 0.6 is 0 Å². The van der Waals surface area contributed by atoms with Gasteiger partial charge in [0.05, 0.1) is 4.99 Å². The molecule has 1 aliphatic heterocycles. The summed E-state index contributed by atoms with van der Waals surface area (Å²) in [7, 11) is 0. The van der Waals surface area contributed by atoms with Gasteiger partial charge in [-0.05, 0) is 12.5 Å². The average Bonchev–Trinajstić information content (AvgIpc) is 2.03. The van der Waals surface area contributed by atoms with Crippen molar-refractivity contribution in [1.29, 1.82) is 0 Å². The maximum absolute atomic E-state index is 4.22. The summed E-state index contributed by atoms with van der Waals surface area (Å²) in [6, 6.07) is 0. The normalized spacial score (nSPS) is 15.5. The van der Waals surface area contributed by atoms with Crippen LogP contribution in [0.5, 0.6) is 0 Å². The SMILES string of the molecule is CCCCC1=[N+]C=CC=C1. The van der Waals surface area contributed by atoms with Crippen LogP contribution in [0.25, 0.3) is 0 Å². The fourth-order valence-electron chi connectivity index (χ4n) is 0.904. The molecular weight excluding hydrogens is 122 g/mol. The molecule has 1 heteroatoms. The third-order valence-electron chi connectivity index (χ3n) is 1.51. The number of hydrogen-bond acceptors (Lipinski definition) is 1. The van der Waals surface area contributed by atoms with Crippen LogP contribution in [0.1, 0.15) is 26.2 Å². The molecule has 10 heavy (non-hydrogen) atoms. The van der Waals surface area contributed by atoms with Gasteiger partial charge in [-0.1, -0.05) is 13.3 Å². The standard InChI is InChI=1S/C9H13N/c1-2-3-6-9-7-4-5-8-10-9/h4-5,7-8H,2-3,6H2,1H3/q+1. The van der Waals surface area contributed by atoms with E-state index >= 15 is 0 Å². The topological polar surface area (TPSA) is 14.1 Å². The van der Waals surface area contributed by atoms with Crippen molar-refractivity contribution in [3.63, 3.8) is 0 Å². The zero-order chi connectivity index (χ0) is 7.23. The molecule has 0 N–H and O–H groups in total. The van der Waals surface area contributed by atoms with Crippen LogP contribution in [0.15, 0.2) is 24.4 Å². The van der Waals surface area contributed by atoms with E-state index < -0.39 is 0 Å². The van der Waals surface area contributed by atoms with Crippen LogP contribution in [-0.4, -0.2) is 5.71 Å². The molecule has 0 unspecified atom stereocenters. The maximum atomic E-state index is 4.22. The zero-order valence-corrected chi connectivity index (χ0v) is 6.38. The summed E-state index contributed by atoms with van der Waals surface area (Å²) in [4.78, 5) is 4.22. The minimum atomic E-state index is 1.12. The second kappa shape index (κ2) is 4.04. The lowest BCUT2D eigenvalue weighted by molar-refractivity contribution is 0.833. The van der Waals surface area contributed by atoms with E-state index in [1.807, 2.05) is 18.4 Å². The molecule has 0 spiro atoms. The van der Waals surface area contributed by atoms with Crippen molar-refractivity contribution in [3.8, 4) is 0 Å². The first kappa shape index (κ1) is 7.26. The van der Waals surface area contributed by atoms with Crippen molar-refractivity contribution in [2.24, 2.45) is 0 Å². The van der Waals surface area contributed by atoms with Crippen molar-refractivity contribution in [1.82, 2.24) is 4.99 Å². The van der Waals surface area contributed by atoms with Crippen LogP contribution < -0.4 is 4.99 Å². The molecule has 1 nitrogen and oxygen atoms in total. The summed E-state index contributed by atoms with van der Waals surface area (Å²) in [5.41, 5.74) is 1.21. The molecule has 0 aromatic heterocycles. The predicted octanol–water partition coefficient (Wildman–Crippen LogP) is 2.04. The van der Waals surface area contributed by atoms with Gasteiger partial charge in [0.2, 0.25) is 6.20 Å². The Morgan fingerprint density at radius 2 is 2.30 bits per heavy atom. The fraction of sp³-hybridized carbons (Fsp3) is 0.444. The molecule has 1 radical (unpaired) electrons. The van der Waals surface area contributed by atoms with E-state index in [0.717, 1.165) is 6.42 Å². The minimum Gasteiger partial charge on any atom is -0.0654 e. The second-order valence-electron chi connectivity index (χ2n) is 2.42. The van der Waals surface area contributed by atoms with Crippen LogP contribution in [0, 0.1) is 0 Å². The van der Waals surface area contributed by atoms with E-state index in [1.165, 1.54) is 18.6 Å². The van der Waals surface area contributed by atoms with E-state index in [-0.39, 0.29) is 0 Å². The summed E-state index contributed by atoms with van der Waals surface area (Å²) in [5.74, 6) is 0. The molecule has 1 aliphatic rings. The van der Waals surface area contributed by atoms with E-state index in [9.17, 15) is 0 Å². The average molecular weight is 135 g/mol. The lowest BCUT2D eigenvalue weighted by Crippen LogP contribution is -2.02. The quantitative estimate of drug-likeness (QED) is 0.562. The summed E-state index contributed by atoms with van der Waals surface area (Å²) in [6.45, 7) is 2.20. The van der Waals surface area contributed by atoms with Gasteiger partial charge in [0.25, 0.3) is 5.71 Å². The van der Waals surface area contributed by atoms with Crippen molar-refractivity contribution in [2.45, 2.75) is 26.2 Å². The molecule has 1 heterocycles. The maximum Gasteiger partial charge on any atom is 0.253 e. The number of allylic oxidation sites excluding steroid dienone is 3. The summed E-state index contributed by atoms with van der Waals surface area (Å²) >= 11 is 0. The van der Waals surface area contributed by atoms with Gasteiger partial charge in [-0.15, -0.1) is 0 Å². The molecule has 53 valence electrons. The first-order valence-corrected chi connectivity index (χ1v) is 3.83. The Balaban J connectivity index is 2.35. The van der Waals surface area contributed by atoms with E-state index in [1.54, 1.807) is 0 Å². The lowest BCUT2D eigenvalue weighted by atomic mass is 10.1. The smallest absolute Gasteiger partial charge is 0.0654 e. The van der Waals surface area contributed by atoms with Gasteiger partial charge < -0.3 is 0 Å². The van der Waals surface area contributed by atoms with Crippen molar-refractivity contribution < 1.29 is 0 Å². The van der Waals surface area contributed by atoms with Gasteiger partial charge >= 0.3 is 0 Å². The molecule has 0 aromatic carbocycles. The van der Waals surface area contributed by atoms with Gasteiger partial charge in [0.15, 0.2) is 0 Å². The van der Waals surface area contributed by atoms with Gasteiger partial charge in [0.1, 0.15) is 0 Å². The Bertz CT molecular complexity index is 175. The number of hydrogen-bond donors (Lipinski definition) is 0. The summed E-state index contributed by atoms with van der Waals surface area (Å²) in [6.07, 6.45) is 11.5. The Morgan fingerprint density at radius 3 is 2.90 bits per heavy atom. The molecule has 0 saturated heterocycles. The first-order valence-electron chi connectivity index (χ1n) is 3.83. The molecular formula is C9H13N+.